The van der Waals surface area contributed by atoms with E-state index >= 15 is 0 Å². The van der Waals surface area contributed by atoms with E-state index in [1.165, 1.54) is 25.0 Å². The summed E-state index contributed by atoms with van der Waals surface area (Å²) in [6.45, 7) is 2.01. The SMILES string of the molecule is COC(=O)C1(NC2CC2)CCC(Sc2cc(C)nn2C)C1. The van der Waals surface area contributed by atoms with Gasteiger partial charge in [-0.25, -0.2) is 0 Å². The fraction of sp³-hybridized carbons (Fsp3) is 0.733. The summed E-state index contributed by atoms with van der Waals surface area (Å²) in [5, 5.41) is 9.54. The Balaban J connectivity index is 1.69. The second-order valence-electron chi connectivity index (χ2n) is 6.22. The quantitative estimate of drug-likeness (QED) is 0.844. The summed E-state index contributed by atoms with van der Waals surface area (Å²) in [5.74, 6) is -0.0984. The molecule has 2 fully saturated rings. The van der Waals surface area contributed by atoms with Crippen LogP contribution in [-0.2, 0) is 16.6 Å². The fourth-order valence-electron chi connectivity index (χ4n) is 3.16. The molecule has 2 saturated carbocycles. The highest BCUT2D eigenvalue weighted by molar-refractivity contribution is 7.99. The van der Waals surface area contributed by atoms with Gasteiger partial charge in [0.1, 0.15) is 5.54 Å². The first-order chi connectivity index (χ1) is 10.0. The third kappa shape index (κ3) is 3.11. The number of methoxy groups -OCH3 is 1. The van der Waals surface area contributed by atoms with Gasteiger partial charge in [-0.05, 0) is 45.1 Å². The van der Waals surface area contributed by atoms with E-state index in [1.807, 2.05) is 30.4 Å². The summed E-state index contributed by atoms with van der Waals surface area (Å²) in [7, 11) is 3.46. The molecule has 1 aromatic heterocycles. The molecule has 0 saturated heterocycles. The lowest BCUT2D eigenvalue weighted by molar-refractivity contribution is -0.148. The van der Waals surface area contributed by atoms with E-state index in [1.54, 1.807) is 0 Å². The van der Waals surface area contributed by atoms with Gasteiger partial charge in [-0.15, -0.1) is 11.8 Å². The van der Waals surface area contributed by atoms with E-state index in [0.717, 1.165) is 25.0 Å². The molecule has 0 bridgehead atoms. The molecule has 0 spiro atoms. The van der Waals surface area contributed by atoms with Gasteiger partial charge < -0.3 is 4.74 Å². The van der Waals surface area contributed by atoms with Crippen molar-refractivity contribution in [2.45, 2.75) is 60.9 Å². The number of thioether (sulfide) groups is 1. The molecule has 2 aliphatic carbocycles. The van der Waals surface area contributed by atoms with Crippen molar-refractivity contribution in [2.24, 2.45) is 7.05 Å². The third-order valence-electron chi connectivity index (χ3n) is 4.35. The van der Waals surface area contributed by atoms with Gasteiger partial charge in [0.25, 0.3) is 0 Å². The van der Waals surface area contributed by atoms with Crippen LogP contribution >= 0.6 is 11.8 Å². The summed E-state index contributed by atoms with van der Waals surface area (Å²) in [4.78, 5) is 12.3. The zero-order chi connectivity index (χ0) is 15.0. The van der Waals surface area contributed by atoms with E-state index in [0.29, 0.717) is 11.3 Å². The van der Waals surface area contributed by atoms with Crippen LogP contribution in [0.1, 0.15) is 37.8 Å². The average molecular weight is 309 g/mol. The van der Waals surface area contributed by atoms with Gasteiger partial charge in [0.05, 0.1) is 17.8 Å². The number of nitrogens with zero attached hydrogens (tertiary/aromatic N) is 2. The molecular weight excluding hydrogens is 286 g/mol. The van der Waals surface area contributed by atoms with E-state index in [-0.39, 0.29) is 5.97 Å². The highest BCUT2D eigenvalue weighted by Gasteiger charge is 2.49. The molecule has 1 N–H and O–H groups in total. The Hall–Kier alpha value is -1.01. The predicted octanol–water partition coefficient (Wildman–Crippen LogP) is 2.04. The summed E-state index contributed by atoms with van der Waals surface area (Å²) in [6.07, 6.45) is 5.09. The first-order valence-electron chi connectivity index (χ1n) is 7.56. The maximum atomic E-state index is 12.3. The Morgan fingerprint density at radius 2 is 2.29 bits per heavy atom. The van der Waals surface area contributed by atoms with Crippen LogP contribution in [0.15, 0.2) is 11.1 Å². The molecule has 21 heavy (non-hydrogen) atoms. The summed E-state index contributed by atoms with van der Waals surface area (Å²) in [6, 6.07) is 2.61. The second kappa shape index (κ2) is 5.65. The number of nitrogens with one attached hydrogen (secondary N) is 1. The lowest BCUT2D eigenvalue weighted by Gasteiger charge is -2.27. The van der Waals surface area contributed by atoms with E-state index < -0.39 is 5.54 Å². The summed E-state index contributed by atoms with van der Waals surface area (Å²) in [5.41, 5.74) is 0.564. The zero-order valence-electron chi connectivity index (χ0n) is 12.9. The summed E-state index contributed by atoms with van der Waals surface area (Å²) >= 11 is 1.83. The van der Waals surface area contributed by atoms with Gasteiger partial charge in [0.2, 0.25) is 0 Å². The smallest absolute Gasteiger partial charge is 0.326 e. The van der Waals surface area contributed by atoms with Crippen molar-refractivity contribution in [2.75, 3.05) is 7.11 Å². The van der Waals surface area contributed by atoms with E-state index in [9.17, 15) is 4.79 Å². The van der Waals surface area contributed by atoms with Crippen molar-refractivity contribution in [3.8, 4) is 0 Å². The van der Waals surface area contributed by atoms with Gasteiger partial charge in [-0.3, -0.25) is 14.8 Å². The molecule has 3 rings (SSSR count). The maximum Gasteiger partial charge on any atom is 0.326 e. The minimum atomic E-state index is -0.471. The highest BCUT2D eigenvalue weighted by Crippen LogP contribution is 2.42. The standard InChI is InChI=1S/C15H23N3O2S/c1-10-8-13(18(2)17-10)21-12-6-7-15(9-12,14(19)20-3)16-11-4-5-11/h8,11-12,16H,4-7,9H2,1-3H3. The molecule has 5 nitrogen and oxygen atoms in total. The van der Waals surface area contributed by atoms with Gasteiger partial charge in [0.15, 0.2) is 0 Å². The molecular formula is C15H23N3O2S. The number of esters is 1. The zero-order valence-corrected chi connectivity index (χ0v) is 13.7. The van der Waals surface area contributed by atoms with Crippen molar-refractivity contribution in [1.29, 1.82) is 0 Å². The lowest BCUT2D eigenvalue weighted by atomic mass is 9.97. The molecule has 1 heterocycles. The van der Waals surface area contributed by atoms with Crippen LogP contribution in [-0.4, -0.2) is 39.7 Å². The van der Waals surface area contributed by atoms with Gasteiger partial charge >= 0.3 is 5.97 Å². The van der Waals surface area contributed by atoms with Crippen LogP contribution in [0.2, 0.25) is 0 Å². The normalized spacial score (nSPS) is 28.8. The maximum absolute atomic E-state index is 12.3. The average Bonchev–Trinajstić information content (AvgIpc) is 3.07. The topological polar surface area (TPSA) is 56.1 Å². The first-order valence-corrected chi connectivity index (χ1v) is 8.44. The van der Waals surface area contributed by atoms with Crippen molar-refractivity contribution < 1.29 is 9.53 Å². The molecule has 116 valence electrons. The van der Waals surface area contributed by atoms with Crippen molar-refractivity contribution >= 4 is 17.7 Å². The number of aromatic nitrogens is 2. The number of ether oxygens (including phenoxy) is 1. The number of hydrogen-bond donors (Lipinski definition) is 1. The van der Waals surface area contributed by atoms with E-state index in [2.05, 4.69) is 16.5 Å². The molecule has 2 aliphatic rings. The number of aryl methyl sites for hydroxylation is 2. The minimum absolute atomic E-state index is 0.0984. The molecule has 2 unspecified atom stereocenters. The van der Waals surface area contributed by atoms with Crippen LogP contribution in [0.3, 0.4) is 0 Å². The molecule has 0 amide bonds. The molecule has 2 atom stereocenters. The van der Waals surface area contributed by atoms with Crippen LogP contribution in [0.25, 0.3) is 0 Å². The third-order valence-corrected chi connectivity index (χ3v) is 5.71. The Morgan fingerprint density at radius 3 is 2.86 bits per heavy atom. The molecule has 0 aliphatic heterocycles. The number of rotatable bonds is 5. The highest BCUT2D eigenvalue weighted by atomic mass is 32.2. The molecule has 1 aromatic rings. The Kier molecular flexibility index (Phi) is 4.01. The number of carbonyl (C=O) groups is 1. The van der Waals surface area contributed by atoms with Gasteiger partial charge in [0, 0.05) is 18.3 Å². The molecule has 6 heteroatoms. The van der Waals surface area contributed by atoms with Crippen molar-refractivity contribution in [1.82, 2.24) is 15.1 Å². The van der Waals surface area contributed by atoms with Crippen molar-refractivity contribution in [3.05, 3.63) is 11.8 Å². The number of carbonyl (C=O) groups excluding carboxylic acids is 1. The van der Waals surface area contributed by atoms with E-state index in [4.69, 9.17) is 4.74 Å². The Labute approximate surface area is 129 Å². The second-order valence-corrected chi connectivity index (χ2v) is 7.54. The van der Waals surface area contributed by atoms with Gasteiger partial charge in [-0.2, -0.15) is 5.10 Å². The van der Waals surface area contributed by atoms with Crippen LogP contribution in [0.5, 0.6) is 0 Å². The Bertz CT molecular complexity index is 541. The van der Waals surface area contributed by atoms with Gasteiger partial charge in [-0.1, -0.05) is 0 Å². The largest absolute Gasteiger partial charge is 0.468 e. The Morgan fingerprint density at radius 1 is 1.52 bits per heavy atom. The van der Waals surface area contributed by atoms with Crippen LogP contribution in [0.4, 0.5) is 0 Å². The molecule has 0 radical (unpaired) electrons. The lowest BCUT2D eigenvalue weighted by Crippen LogP contribution is -2.52. The first kappa shape index (κ1) is 14.9. The minimum Gasteiger partial charge on any atom is -0.468 e. The predicted molar refractivity (Wildman–Crippen MR) is 82.3 cm³/mol. The van der Waals surface area contributed by atoms with Crippen molar-refractivity contribution in [3.63, 3.8) is 0 Å². The fourth-order valence-corrected chi connectivity index (χ4v) is 4.53. The van der Waals surface area contributed by atoms with Crippen LogP contribution in [0, 0.1) is 6.92 Å². The number of hydrogen-bond acceptors (Lipinski definition) is 5. The molecule has 0 aromatic carbocycles. The monoisotopic (exact) mass is 309 g/mol. The van der Waals surface area contributed by atoms with Crippen LogP contribution < -0.4 is 5.32 Å². The summed E-state index contributed by atoms with van der Waals surface area (Å²) < 4.78 is 6.99.